The predicted octanol–water partition coefficient (Wildman–Crippen LogP) is 3.89. The first-order chi connectivity index (χ1) is 15.2. The first-order valence-corrected chi connectivity index (χ1v) is 10.5. The van der Waals surface area contributed by atoms with Gasteiger partial charge < -0.3 is 19.8 Å². The maximum absolute atomic E-state index is 12.1. The monoisotopic (exact) mass is 474 g/mol. The summed E-state index contributed by atoms with van der Waals surface area (Å²) in [4.78, 5) is 12.1. The molecule has 2 N–H and O–H groups in total. The van der Waals surface area contributed by atoms with Crippen LogP contribution in [0.1, 0.15) is 37.5 Å². The molecule has 12 heteroatoms. The molecule has 1 aromatic carbocycles. The van der Waals surface area contributed by atoms with Crippen molar-refractivity contribution in [1.29, 1.82) is 0 Å². The molecule has 174 valence electrons. The Balaban J connectivity index is 1.12. The summed E-state index contributed by atoms with van der Waals surface area (Å²) >= 11 is 5.82. The molecule has 8 nitrogen and oxygen atoms in total. The van der Waals surface area contributed by atoms with E-state index in [1.807, 2.05) is 0 Å². The van der Waals surface area contributed by atoms with E-state index in [1.165, 1.54) is 0 Å². The summed E-state index contributed by atoms with van der Waals surface area (Å²) in [5.41, 5.74) is 0.169. The van der Waals surface area contributed by atoms with Gasteiger partial charge in [-0.2, -0.15) is 0 Å². The Labute approximate surface area is 186 Å². The zero-order valence-corrected chi connectivity index (χ0v) is 17.7. The summed E-state index contributed by atoms with van der Waals surface area (Å²) in [6.07, 6.45) is -1.15. The Morgan fingerprint density at radius 1 is 1.19 bits per heavy atom. The van der Waals surface area contributed by atoms with E-state index in [0.717, 1.165) is 25.7 Å². The van der Waals surface area contributed by atoms with Gasteiger partial charge >= 0.3 is 12.4 Å². The Kier molecular flexibility index (Phi) is 6.47. The van der Waals surface area contributed by atoms with Crippen molar-refractivity contribution in [3.63, 3.8) is 0 Å². The van der Waals surface area contributed by atoms with Crippen molar-refractivity contribution in [2.75, 3.05) is 25.1 Å². The van der Waals surface area contributed by atoms with E-state index in [-0.39, 0.29) is 42.4 Å². The normalized spacial score (nSPS) is 24.5. The third-order valence-electron chi connectivity index (χ3n) is 5.70. The number of carbonyl (C=O) groups is 1. The lowest BCUT2D eigenvalue weighted by Gasteiger charge is -2.56. The number of benzene rings is 1. The van der Waals surface area contributed by atoms with Crippen LogP contribution >= 0.6 is 11.6 Å². The second-order valence-electron chi connectivity index (χ2n) is 8.19. The smallest absolute Gasteiger partial charge is 0.484 e. The molecular weight excluding hydrogens is 453 g/mol. The molecule has 0 saturated heterocycles. The van der Waals surface area contributed by atoms with Crippen molar-refractivity contribution in [1.82, 2.24) is 15.5 Å². The predicted molar refractivity (Wildman–Crippen MR) is 107 cm³/mol. The lowest BCUT2D eigenvalue weighted by molar-refractivity contribution is -0.322. The van der Waals surface area contributed by atoms with E-state index in [0.29, 0.717) is 16.7 Å². The summed E-state index contributed by atoms with van der Waals surface area (Å²) in [6, 6.07) is 7.00. The van der Waals surface area contributed by atoms with Gasteiger partial charge in [0.05, 0.1) is 6.61 Å². The number of halogens is 4. The average molecular weight is 475 g/mol. The summed E-state index contributed by atoms with van der Waals surface area (Å²) in [5.74, 6) is 1.00. The molecule has 0 bridgehead atoms. The third kappa shape index (κ3) is 5.83. The van der Waals surface area contributed by atoms with Crippen LogP contribution < -0.4 is 15.4 Å². The minimum Gasteiger partial charge on any atom is -0.484 e. The number of anilines is 1. The van der Waals surface area contributed by atoms with Crippen LogP contribution in [0.5, 0.6) is 5.75 Å². The molecule has 2 saturated carbocycles. The standard InChI is InChI=1S/C20H22ClF3N4O4/c21-13-1-3-15(4-2-13)30-11-16(29)26-14-9-19(10-14)7-12(8-19)17-27-28-18(32-17)25-5-6-31-20(22,23)24/h1-4,12,14H,5-11H2,(H,25,28)(H,26,29). The maximum Gasteiger partial charge on any atom is 0.522 e. The third-order valence-corrected chi connectivity index (χ3v) is 5.95. The molecule has 1 spiro atoms. The number of alkyl halides is 3. The van der Waals surface area contributed by atoms with Gasteiger partial charge in [0.15, 0.2) is 6.61 Å². The lowest BCUT2D eigenvalue weighted by Crippen LogP contribution is -2.56. The quantitative estimate of drug-likeness (QED) is 0.532. The van der Waals surface area contributed by atoms with Crippen molar-refractivity contribution < 1.29 is 31.9 Å². The average Bonchev–Trinajstić information content (AvgIpc) is 3.13. The van der Waals surface area contributed by atoms with Gasteiger partial charge in [0.1, 0.15) is 5.75 Å². The summed E-state index contributed by atoms with van der Waals surface area (Å²) < 4.78 is 50.4. The summed E-state index contributed by atoms with van der Waals surface area (Å²) in [7, 11) is 0. The first-order valence-electron chi connectivity index (χ1n) is 10.2. The number of carbonyl (C=O) groups excluding carboxylic acids is 1. The van der Waals surface area contributed by atoms with Crippen LogP contribution in [0.4, 0.5) is 19.2 Å². The van der Waals surface area contributed by atoms with Gasteiger partial charge in [0.2, 0.25) is 5.89 Å². The van der Waals surface area contributed by atoms with Crippen molar-refractivity contribution in [3.05, 3.63) is 35.2 Å². The fourth-order valence-corrected chi connectivity index (χ4v) is 4.45. The van der Waals surface area contributed by atoms with E-state index in [2.05, 4.69) is 25.6 Å². The molecule has 1 aromatic heterocycles. The van der Waals surface area contributed by atoms with Gasteiger partial charge in [-0.15, -0.1) is 18.3 Å². The molecule has 0 radical (unpaired) electrons. The van der Waals surface area contributed by atoms with Crippen molar-refractivity contribution >= 4 is 23.5 Å². The van der Waals surface area contributed by atoms with Gasteiger partial charge in [-0.1, -0.05) is 16.7 Å². The first kappa shape index (κ1) is 22.7. The number of ether oxygens (including phenoxy) is 2. The van der Waals surface area contributed by atoms with Crippen LogP contribution in [-0.2, 0) is 9.53 Å². The van der Waals surface area contributed by atoms with Crippen LogP contribution in [-0.4, -0.2) is 48.3 Å². The highest BCUT2D eigenvalue weighted by atomic mass is 35.5. The minimum absolute atomic E-state index is 0.0560. The molecule has 1 amide bonds. The number of rotatable bonds is 9. The molecule has 2 aliphatic rings. The molecule has 2 fully saturated rings. The van der Waals surface area contributed by atoms with Gasteiger partial charge in [0.25, 0.3) is 5.91 Å². The zero-order valence-electron chi connectivity index (χ0n) is 17.0. The van der Waals surface area contributed by atoms with E-state index in [9.17, 15) is 18.0 Å². The zero-order chi connectivity index (χ0) is 22.8. The highest BCUT2D eigenvalue weighted by molar-refractivity contribution is 6.30. The number of hydrogen-bond acceptors (Lipinski definition) is 7. The molecule has 4 rings (SSSR count). The van der Waals surface area contributed by atoms with Crippen molar-refractivity contribution in [3.8, 4) is 5.75 Å². The molecular formula is C20H22ClF3N4O4. The second kappa shape index (κ2) is 9.14. The van der Waals surface area contributed by atoms with Crippen LogP contribution in [0.15, 0.2) is 28.7 Å². The van der Waals surface area contributed by atoms with Crippen LogP contribution in [0.3, 0.4) is 0 Å². The Morgan fingerprint density at radius 3 is 2.59 bits per heavy atom. The number of aromatic nitrogens is 2. The Bertz CT molecular complexity index is 924. The van der Waals surface area contributed by atoms with Crippen molar-refractivity contribution in [2.45, 2.75) is 44.0 Å². The highest BCUT2D eigenvalue weighted by Gasteiger charge is 2.54. The molecule has 0 unspecified atom stereocenters. The van der Waals surface area contributed by atoms with E-state index in [4.69, 9.17) is 20.8 Å². The number of nitrogens with zero attached hydrogens (tertiary/aromatic N) is 2. The minimum atomic E-state index is -4.66. The molecule has 2 aromatic rings. The van der Waals surface area contributed by atoms with Crippen LogP contribution in [0.2, 0.25) is 5.02 Å². The van der Waals surface area contributed by atoms with E-state index in [1.54, 1.807) is 24.3 Å². The molecule has 2 aliphatic carbocycles. The molecule has 0 atom stereocenters. The van der Waals surface area contributed by atoms with Crippen LogP contribution in [0.25, 0.3) is 0 Å². The number of amides is 1. The second-order valence-corrected chi connectivity index (χ2v) is 8.62. The van der Waals surface area contributed by atoms with Gasteiger partial charge in [-0.05, 0) is 55.4 Å². The fraction of sp³-hybridized carbons (Fsp3) is 0.550. The molecule has 32 heavy (non-hydrogen) atoms. The van der Waals surface area contributed by atoms with E-state index < -0.39 is 13.0 Å². The van der Waals surface area contributed by atoms with Gasteiger partial charge in [-0.3, -0.25) is 9.53 Å². The SMILES string of the molecule is O=C(COc1ccc(Cl)cc1)NC1CC2(C1)CC(c1nnc(NCCOC(F)(F)F)o1)C2. The Hall–Kier alpha value is -2.53. The topological polar surface area (TPSA) is 98.5 Å². The fourth-order valence-electron chi connectivity index (χ4n) is 4.33. The van der Waals surface area contributed by atoms with E-state index >= 15 is 0 Å². The number of hydrogen-bond donors (Lipinski definition) is 2. The Morgan fingerprint density at radius 2 is 1.91 bits per heavy atom. The largest absolute Gasteiger partial charge is 0.522 e. The molecule has 1 heterocycles. The maximum atomic E-state index is 12.1. The number of nitrogens with one attached hydrogen (secondary N) is 2. The molecule has 0 aliphatic heterocycles. The highest BCUT2D eigenvalue weighted by Crippen LogP contribution is 2.61. The van der Waals surface area contributed by atoms with Gasteiger partial charge in [-0.25, -0.2) is 0 Å². The summed E-state index contributed by atoms with van der Waals surface area (Å²) in [5, 5.41) is 14.0. The van der Waals surface area contributed by atoms with Crippen molar-refractivity contribution in [2.24, 2.45) is 5.41 Å². The summed E-state index contributed by atoms with van der Waals surface area (Å²) in [6.45, 7) is -0.704. The lowest BCUT2D eigenvalue weighted by atomic mass is 9.50. The van der Waals surface area contributed by atoms with Gasteiger partial charge in [0, 0.05) is 23.5 Å². The van der Waals surface area contributed by atoms with Crippen LogP contribution in [0, 0.1) is 5.41 Å².